The number of nitrogens with zero attached hydrogens (tertiary/aromatic N) is 2. The van der Waals surface area contributed by atoms with Crippen LogP contribution in [0.25, 0.3) is 0 Å². The summed E-state index contributed by atoms with van der Waals surface area (Å²) in [5.41, 5.74) is 0.934. The molecule has 0 aliphatic rings. The maximum Gasteiger partial charge on any atom is 0.339 e. The van der Waals surface area contributed by atoms with E-state index in [-0.39, 0.29) is 6.61 Å². The monoisotopic (exact) mass is 332 g/mol. The molecule has 4 nitrogen and oxygen atoms in total. The van der Waals surface area contributed by atoms with Gasteiger partial charge in [0.25, 0.3) is 0 Å². The Hall–Kier alpha value is -0.980. The maximum atomic E-state index is 11.7. The smallest absolute Gasteiger partial charge is 0.339 e. The molecular weight excluding hydrogens is 328 g/mol. The number of benzene rings is 1. The van der Waals surface area contributed by atoms with Gasteiger partial charge < -0.3 is 4.74 Å². The van der Waals surface area contributed by atoms with Gasteiger partial charge in [-0.3, -0.25) is 0 Å². The van der Waals surface area contributed by atoms with E-state index in [0.29, 0.717) is 20.1 Å². The highest BCUT2D eigenvalue weighted by Crippen LogP contribution is 2.20. The van der Waals surface area contributed by atoms with Crippen LogP contribution in [0.5, 0.6) is 0 Å². The lowest BCUT2D eigenvalue weighted by atomic mass is 10.2. The molecule has 1 aromatic heterocycles. The van der Waals surface area contributed by atoms with Gasteiger partial charge in [0.15, 0.2) is 0 Å². The van der Waals surface area contributed by atoms with Crippen molar-refractivity contribution in [2.24, 2.45) is 0 Å². The minimum atomic E-state index is -0.429. The molecule has 0 fully saturated rings. The van der Waals surface area contributed by atoms with Crippen LogP contribution < -0.4 is 0 Å². The number of esters is 1. The standard InChI is InChI=1S/C10H6BrClN2O2S/c11-7-4-2-1-3-6(7)10(15)16-5-8-9(12)17-14-13-8/h1-4H,5H2. The Morgan fingerprint density at radius 3 is 2.88 bits per heavy atom. The first kappa shape index (κ1) is 12.5. The summed E-state index contributed by atoms with van der Waals surface area (Å²) in [6.45, 7) is 0.0233. The molecule has 0 unspecified atom stereocenters. The van der Waals surface area contributed by atoms with Gasteiger partial charge >= 0.3 is 5.97 Å². The van der Waals surface area contributed by atoms with Gasteiger partial charge in [-0.1, -0.05) is 28.2 Å². The number of carbonyl (C=O) groups is 1. The van der Waals surface area contributed by atoms with Gasteiger partial charge in [-0.15, -0.1) is 5.10 Å². The van der Waals surface area contributed by atoms with Gasteiger partial charge in [-0.05, 0) is 28.1 Å². The first-order valence-electron chi connectivity index (χ1n) is 4.57. The molecule has 2 rings (SSSR count). The zero-order valence-corrected chi connectivity index (χ0v) is 11.6. The Morgan fingerprint density at radius 2 is 2.24 bits per heavy atom. The molecular formula is C10H6BrClN2O2S. The lowest BCUT2D eigenvalue weighted by Gasteiger charge is -2.04. The molecule has 1 heterocycles. The molecule has 7 heteroatoms. The fourth-order valence-electron chi connectivity index (χ4n) is 1.12. The molecule has 0 saturated heterocycles. The predicted octanol–water partition coefficient (Wildman–Crippen LogP) is 3.31. The number of halogens is 2. The zero-order valence-electron chi connectivity index (χ0n) is 8.39. The molecule has 0 aliphatic carbocycles. The van der Waals surface area contributed by atoms with Crippen LogP contribution in [0.1, 0.15) is 16.1 Å². The molecule has 1 aromatic carbocycles. The second-order valence-corrected chi connectivity index (χ2v) is 5.26. The summed E-state index contributed by atoms with van der Waals surface area (Å²) in [7, 11) is 0. The maximum absolute atomic E-state index is 11.7. The van der Waals surface area contributed by atoms with Gasteiger partial charge in [0.05, 0.1) is 5.56 Å². The Bertz CT molecular complexity index is 547. The van der Waals surface area contributed by atoms with Crippen LogP contribution in [-0.4, -0.2) is 15.6 Å². The molecule has 0 spiro atoms. The van der Waals surface area contributed by atoms with Gasteiger partial charge in [0.1, 0.15) is 16.6 Å². The lowest BCUT2D eigenvalue weighted by Crippen LogP contribution is -2.06. The Balaban J connectivity index is 2.04. The van der Waals surface area contributed by atoms with E-state index in [0.717, 1.165) is 11.5 Å². The first-order valence-corrected chi connectivity index (χ1v) is 6.51. The van der Waals surface area contributed by atoms with Gasteiger partial charge in [0, 0.05) is 16.0 Å². The van der Waals surface area contributed by atoms with Crippen molar-refractivity contribution < 1.29 is 9.53 Å². The highest BCUT2D eigenvalue weighted by molar-refractivity contribution is 9.10. The van der Waals surface area contributed by atoms with Crippen LogP contribution in [0.15, 0.2) is 28.7 Å². The molecule has 17 heavy (non-hydrogen) atoms. The minimum Gasteiger partial charge on any atom is -0.455 e. The molecule has 0 bridgehead atoms. The normalized spacial score (nSPS) is 10.2. The van der Waals surface area contributed by atoms with E-state index in [1.807, 2.05) is 6.07 Å². The molecule has 88 valence electrons. The predicted molar refractivity (Wildman–Crippen MR) is 68.2 cm³/mol. The van der Waals surface area contributed by atoms with E-state index >= 15 is 0 Å². The Kier molecular flexibility index (Phi) is 4.09. The van der Waals surface area contributed by atoms with E-state index in [4.69, 9.17) is 16.3 Å². The second kappa shape index (κ2) is 5.57. The SMILES string of the molecule is O=C(OCc1nnsc1Cl)c1ccccc1Br. The van der Waals surface area contributed by atoms with Crippen LogP contribution in [0.3, 0.4) is 0 Å². The molecule has 0 aliphatic heterocycles. The van der Waals surface area contributed by atoms with Crippen LogP contribution in [0, 0.1) is 0 Å². The van der Waals surface area contributed by atoms with Crippen LogP contribution >= 0.6 is 39.1 Å². The highest BCUT2D eigenvalue weighted by Gasteiger charge is 2.13. The van der Waals surface area contributed by atoms with Crippen molar-refractivity contribution in [1.29, 1.82) is 0 Å². The summed E-state index contributed by atoms with van der Waals surface area (Å²) in [6.07, 6.45) is 0. The minimum absolute atomic E-state index is 0.0233. The second-order valence-electron chi connectivity index (χ2n) is 3.05. The number of hydrogen-bond acceptors (Lipinski definition) is 5. The summed E-state index contributed by atoms with van der Waals surface area (Å²) in [5, 5.41) is 3.75. The first-order chi connectivity index (χ1) is 8.18. The molecule has 0 saturated carbocycles. The van der Waals surface area contributed by atoms with Gasteiger partial charge in [-0.25, -0.2) is 4.79 Å². The van der Waals surface area contributed by atoms with Crippen molar-refractivity contribution in [2.75, 3.05) is 0 Å². The third-order valence-corrected chi connectivity index (χ3v) is 3.62. The summed E-state index contributed by atoms with van der Waals surface area (Å²) in [5.74, 6) is -0.429. The fourth-order valence-corrected chi connectivity index (χ4v) is 2.17. The number of carbonyl (C=O) groups excluding carboxylic acids is 1. The largest absolute Gasteiger partial charge is 0.455 e. The van der Waals surface area contributed by atoms with E-state index < -0.39 is 5.97 Å². The topological polar surface area (TPSA) is 52.1 Å². The third kappa shape index (κ3) is 3.02. The number of aromatic nitrogens is 2. The van der Waals surface area contributed by atoms with E-state index in [9.17, 15) is 4.79 Å². The van der Waals surface area contributed by atoms with E-state index in [1.54, 1.807) is 18.2 Å². The lowest BCUT2D eigenvalue weighted by molar-refractivity contribution is 0.0467. The Labute approximate surface area is 115 Å². The van der Waals surface area contributed by atoms with Gasteiger partial charge in [0.2, 0.25) is 0 Å². The quantitative estimate of drug-likeness (QED) is 0.809. The van der Waals surface area contributed by atoms with Crippen LogP contribution in [-0.2, 0) is 11.3 Å². The fraction of sp³-hybridized carbons (Fsp3) is 0.100. The molecule has 0 amide bonds. The molecule has 0 atom stereocenters. The van der Waals surface area contributed by atoms with Crippen molar-refractivity contribution in [2.45, 2.75) is 6.61 Å². The summed E-state index contributed by atoms with van der Waals surface area (Å²) >= 11 is 10.1. The van der Waals surface area contributed by atoms with Crippen molar-refractivity contribution >= 4 is 45.0 Å². The molecule has 0 radical (unpaired) electrons. The van der Waals surface area contributed by atoms with Crippen molar-refractivity contribution in [3.8, 4) is 0 Å². The van der Waals surface area contributed by atoms with Crippen molar-refractivity contribution in [3.05, 3.63) is 44.3 Å². The van der Waals surface area contributed by atoms with E-state index in [1.165, 1.54) is 0 Å². The van der Waals surface area contributed by atoms with E-state index in [2.05, 4.69) is 25.5 Å². The van der Waals surface area contributed by atoms with Crippen molar-refractivity contribution in [1.82, 2.24) is 9.59 Å². The average molecular weight is 334 g/mol. The summed E-state index contributed by atoms with van der Waals surface area (Å²) in [4.78, 5) is 11.7. The number of hydrogen-bond donors (Lipinski definition) is 0. The Morgan fingerprint density at radius 1 is 1.47 bits per heavy atom. The zero-order chi connectivity index (χ0) is 12.3. The number of rotatable bonds is 3. The summed E-state index contributed by atoms with van der Waals surface area (Å²) < 4.78 is 9.86. The number of ether oxygens (including phenoxy) is 1. The molecule has 2 aromatic rings. The highest BCUT2D eigenvalue weighted by atomic mass is 79.9. The third-order valence-electron chi connectivity index (χ3n) is 1.94. The van der Waals surface area contributed by atoms with Crippen LogP contribution in [0.4, 0.5) is 0 Å². The van der Waals surface area contributed by atoms with Gasteiger partial charge in [-0.2, -0.15) is 0 Å². The van der Waals surface area contributed by atoms with Crippen molar-refractivity contribution in [3.63, 3.8) is 0 Å². The molecule has 0 N–H and O–H groups in total. The summed E-state index contributed by atoms with van der Waals surface area (Å²) in [6, 6.07) is 7.03. The average Bonchev–Trinajstić information content (AvgIpc) is 2.72. The van der Waals surface area contributed by atoms with Crippen LogP contribution in [0.2, 0.25) is 4.34 Å².